The molecule has 0 saturated carbocycles. The van der Waals surface area contributed by atoms with E-state index >= 15 is 0 Å². The summed E-state index contributed by atoms with van der Waals surface area (Å²) < 4.78 is 1.92. The van der Waals surface area contributed by atoms with Gasteiger partial charge in [-0.05, 0) is 24.6 Å². The summed E-state index contributed by atoms with van der Waals surface area (Å²) in [6.45, 7) is 2.11. The van der Waals surface area contributed by atoms with Gasteiger partial charge in [-0.25, -0.2) is 0 Å². The van der Waals surface area contributed by atoms with Gasteiger partial charge >= 0.3 is 0 Å². The predicted octanol–water partition coefficient (Wildman–Crippen LogP) is 2.77. The third-order valence-corrected chi connectivity index (χ3v) is 3.82. The van der Waals surface area contributed by atoms with Crippen molar-refractivity contribution in [3.05, 3.63) is 59.5 Å². The molecular weight excluding hydrogens is 260 g/mol. The highest BCUT2D eigenvalue weighted by atomic mass is 15.3. The minimum Gasteiger partial charge on any atom is -0.322 e. The number of para-hydroxylation sites is 1. The van der Waals surface area contributed by atoms with Crippen LogP contribution in [-0.2, 0) is 19.9 Å². The Bertz CT molecular complexity index is 760. The molecule has 4 heteroatoms. The first-order valence-electron chi connectivity index (χ1n) is 7.30. The zero-order valence-corrected chi connectivity index (χ0v) is 12.5. The molecule has 108 valence electrons. The molecule has 0 spiro atoms. The van der Waals surface area contributed by atoms with Gasteiger partial charge in [0.2, 0.25) is 0 Å². The van der Waals surface area contributed by atoms with Crippen molar-refractivity contribution in [3.8, 4) is 0 Å². The summed E-state index contributed by atoms with van der Waals surface area (Å²) in [5.41, 5.74) is 10.5. The van der Waals surface area contributed by atoms with Crippen LogP contribution in [0.15, 0.2) is 42.5 Å². The van der Waals surface area contributed by atoms with E-state index in [1.54, 1.807) is 0 Å². The molecule has 3 aromatic rings. The summed E-state index contributed by atoms with van der Waals surface area (Å²) >= 11 is 0. The molecular formula is C17H20N4. The normalized spacial score (nSPS) is 12.7. The fraction of sp³-hybridized carbons (Fsp3) is 0.294. The Kier molecular flexibility index (Phi) is 3.71. The van der Waals surface area contributed by atoms with Gasteiger partial charge in [-0.15, -0.1) is 0 Å². The smallest absolute Gasteiger partial charge is 0.0706 e. The van der Waals surface area contributed by atoms with E-state index in [0.717, 1.165) is 40.8 Å². The predicted molar refractivity (Wildman–Crippen MR) is 85.0 cm³/mol. The Balaban J connectivity index is 1.85. The number of hydrogen-bond donors (Lipinski definition) is 1. The minimum absolute atomic E-state index is 0.116. The van der Waals surface area contributed by atoms with Crippen LogP contribution in [0.3, 0.4) is 0 Å². The first kappa shape index (κ1) is 13.8. The van der Waals surface area contributed by atoms with E-state index in [-0.39, 0.29) is 6.04 Å². The number of pyridine rings is 1. The fourth-order valence-corrected chi connectivity index (χ4v) is 2.55. The summed E-state index contributed by atoms with van der Waals surface area (Å²) in [7, 11) is 1.97. The Morgan fingerprint density at radius 1 is 1.19 bits per heavy atom. The van der Waals surface area contributed by atoms with Crippen molar-refractivity contribution in [2.75, 3.05) is 0 Å². The van der Waals surface area contributed by atoms with Crippen molar-refractivity contribution in [3.63, 3.8) is 0 Å². The summed E-state index contributed by atoms with van der Waals surface area (Å²) in [5.74, 6) is 0. The maximum Gasteiger partial charge on any atom is 0.0706 e. The highest BCUT2D eigenvalue weighted by molar-refractivity contribution is 5.78. The second-order valence-corrected chi connectivity index (χ2v) is 5.34. The fourth-order valence-electron chi connectivity index (χ4n) is 2.55. The number of fused-ring (bicyclic) bond motifs is 1. The van der Waals surface area contributed by atoms with Gasteiger partial charge in [-0.3, -0.25) is 9.67 Å². The van der Waals surface area contributed by atoms with Gasteiger partial charge in [0.25, 0.3) is 0 Å². The van der Waals surface area contributed by atoms with Gasteiger partial charge in [-0.1, -0.05) is 31.2 Å². The van der Waals surface area contributed by atoms with Crippen LogP contribution in [0.2, 0.25) is 0 Å². The molecule has 0 aliphatic rings. The van der Waals surface area contributed by atoms with Crippen LogP contribution in [-0.4, -0.2) is 14.8 Å². The summed E-state index contributed by atoms with van der Waals surface area (Å²) in [5, 5.41) is 5.61. The van der Waals surface area contributed by atoms with E-state index in [4.69, 9.17) is 5.73 Å². The van der Waals surface area contributed by atoms with E-state index in [1.165, 1.54) is 0 Å². The molecule has 0 amide bonds. The van der Waals surface area contributed by atoms with E-state index in [1.807, 2.05) is 36.0 Å². The molecule has 1 unspecified atom stereocenters. The van der Waals surface area contributed by atoms with Crippen LogP contribution in [0.5, 0.6) is 0 Å². The van der Waals surface area contributed by atoms with Crippen molar-refractivity contribution < 1.29 is 0 Å². The molecule has 2 heterocycles. The van der Waals surface area contributed by atoms with E-state index < -0.39 is 0 Å². The number of rotatable bonds is 4. The molecule has 2 N–H and O–H groups in total. The Morgan fingerprint density at radius 2 is 2.00 bits per heavy atom. The number of nitrogens with zero attached hydrogens (tertiary/aromatic N) is 3. The van der Waals surface area contributed by atoms with Crippen molar-refractivity contribution in [1.82, 2.24) is 14.8 Å². The van der Waals surface area contributed by atoms with Gasteiger partial charge in [0, 0.05) is 24.5 Å². The lowest BCUT2D eigenvalue weighted by Crippen LogP contribution is -2.16. The number of nitrogens with two attached hydrogens (primary N) is 1. The largest absolute Gasteiger partial charge is 0.322 e. The lowest BCUT2D eigenvalue weighted by Gasteiger charge is -2.12. The maximum atomic E-state index is 6.33. The SMILES string of the molecule is CCc1cc(CC(N)c2ccc3ccccc3n2)n(C)n1. The van der Waals surface area contributed by atoms with E-state index in [9.17, 15) is 0 Å². The Labute approximate surface area is 124 Å². The molecule has 3 rings (SSSR count). The molecule has 0 radical (unpaired) electrons. The summed E-state index contributed by atoms with van der Waals surface area (Å²) in [4.78, 5) is 4.67. The van der Waals surface area contributed by atoms with Crippen molar-refractivity contribution >= 4 is 10.9 Å². The number of hydrogen-bond acceptors (Lipinski definition) is 3. The monoisotopic (exact) mass is 280 g/mol. The molecule has 0 fully saturated rings. The quantitative estimate of drug-likeness (QED) is 0.799. The molecule has 4 nitrogen and oxygen atoms in total. The van der Waals surface area contributed by atoms with Gasteiger partial charge in [0.05, 0.1) is 22.9 Å². The number of aromatic nitrogens is 3. The molecule has 21 heavy (non-hydrogen) atoms. The summed E-state index contributed by atoms with van der Waals surface area (Å²) in [6, 6.07) is 14.2. The lowest BCUT2D eigenvalue weighted by molar-refractivity contribution is 0.629. The van der Waals surface area contributed by atoms with Crippen LogP contribution < -0.4 is 5.73 Å². The lowest BCUT2D eigenvalue weighted by atomic mass is 10.1. The second kappa shape index (κ2) is 5.66. The average molecular weight is 280 g/mol. The van der Waals surface area contributed by atoms with Gasteiger partial charge < -0.3 is 5.73 Å². The maximum absolute atomic E-state index is 6.33. The van der Waals surface area contributed by atoms with Crippen LogP contribution >= 0.6 is 0 Å². The van der Waals surface area contributed by atoms with Crippen LogP contribution in [0.1, 0.15) is 30.0 Å². The molecule has 1 aromatic carbocycles. The van der Waals surface area contributed by atoms with E-state index in [0.29, 0.717) is 0 Å². The molecule has 2 aromatic heterocycles. The minimum atomic E-state index is -0.116. The van der Waals surface area contributed by atoms with Crippen molar-refractivity contribution in [2.24, 2.45) is 12.8 Å². The highest BCUT2D eigenvalue weighted by Crippen LogP contribution is 2.18. The van der Waals surface area contributed by atoms with Gasteiger partial charge in [0.15, 0.2) is 0 Å². The van der Waals surface area contributed by atoms with Crippen LogP contribution in [0.25, 0.3) is 10.9 Å². The zero-order chi connectivity index (χ0) is 14.8. The number of aryl methyl sites for hydroxylation is 2. The van der Waals surface area contributed by atoms with Gasteiger partial charge in [-0.2, -0.15) is 5.10 Å². The van der Waals surface area contributed by atoms with Gasteiger partial charge in [0.1, 0.15) is 0 Å². The average Bonchev–Trinajstić information content (AvgIpc) is 2.87. The van der Waals surface area contributed by atoms with Crippen LogP contribution in [0, 0.1) is 0 Å². The Hall–Kier alpha value is -2.20. The Morgan fingerprint density at radius 3 is 2.76 bits per heavy atom. The molecule has 0 saturated heterocycles. The second-order valence-electron chi connectivity index (χ2n) is 5.34. The van der Waals surface area contributed by atoms with E-state index in [2.05, 4.69) is 35.2 Å². The first-order valence-corrected chi connectivity index (χ1v) is 7.30. The molecule has 0 bridgehead atoms. The zero-order valence-electron chi connectivity index (χ0n) is 12.5. The molecule has 1 atom stereocenters. The number of benzene rings is 1. The molecule has 0 aliphatic heterocycles. The summed E-state index contributed by atoms with van der Waals surface area (Å²) in [6.07, 6.45) is 1.69. The molecule has 0 aliphatic carbocycles. The topological polar surface area (TPSA) is 56.7 Å². The van der Waals surface area contributed by atoms with Crippen LogP contribution in [0.4, 0.5) is 0 Å². The van der Waals surface area contributed by atoms with Crippen molar-refractivity contribution in [1.29, 1.82) is 0 Å². The third kappa shape index (κ3) is 2.81. The standard InChI is InChI=1S/C17H20N4/c1-3-13-10-14(21(2)20-13)11-15(18)17-9-8-12-6-4-5-7-16(12)19-17/h4-10,15H,3,11,18H2,1-2H3. The third-order valence-electron chi connectivity index (χ3n) is 3.82. The first-order chi connectivity index (χ1) is 10.2. The van der Waals surface area contributed by atoms with Crippen molar-refractivity contribution in [2.45, 2.75) is 25.8 Å². The highest BCUT2D eigenvalue weighted by Gasteiger charge is 2.13.